The predicted molar refractivity (Wildman–Crippen MR) is 48.8 cm³/mol. The van der Waals surface area contributed by atoms with Crippen LogP contribution in [0.1, 0.15) is 26.2 Å². The van der Waals surface area contributed by atoms with E-state index in [1.807, 2.05) is 0 Å². The van der Waals surface area contributed by atoms with Gasteiger partial charge in [-0.15, -0.1) is 0 Å². The van der Waals surface area contributed by atoms with Crippen molar-refractivity contribution in [1.29, 1.82) is 0 Å². The Morgan fingerprint density at radius 2 is 1.92 bits per heavy atom. The topological polar surface area (TPSA) is 115 Å². The number of amides is 1. The fourth-order valence-corrected chi connectivity index (χ4v) is 0.729. The van der Waals surface area contributed by atoms with Gasteiger partial charge in [-0.05, 0) is 19.4 Å². The van der Waals surface area contributed by atoms with E-state index in [0.717, 1.165) is 19.4 Å². The van der Waals surface area contributed by atoms with Crippen molar-refractivity contribution in [3.63, 3.8) is 0 Å². The van der Waals surface area contributed by atoms with Crippen molar-refractivity contribution in [2.45, 2.75) is 32.2 Å². The standard InChI is InChI=1S/C6H16N2.CH3NO2/c1-2-3-6(8)4-5-7;2-1(3)4/h6H,2-5,7-8H2,1H3;2H2,(H,3,4). The van der Waals surface area contributed by atoms with Gasteiger partial charge in [0, 0.05) is 6.04 Å². The fraction of sp³-hybridized carbons (Fsp3) is 0.857. The van der Waals surface area contributed by atoms with Crippen LogP contribution in [0.15, 0.2) is 0 Å². The Bertz CT molecular complexity index is 98.8. The van der Waals surface area contributed by atoms with E-state index in [1.54, 1.807) is 0 Å². The van der Waals surface area contributed by atoms with Crippen molar-refractivity contribution in [2.75, 3.05) is 6.54 Å². The Labute approximate surface area is 72.9 Å². The average Bonchev–Trinajstić information content (AvgIpc) is 1.87. The molecule has 1 atom stereocenters. The van der Waals surface area contributed by atoms with E-state index in [9.17, 15) is 0 Å². The molecule has 0 aromatic rings. The molecule has 0 rings (SSSR count). The minimum Gasteiger partial charge on any atom is -0.465 e. The van der Waals surface area contributed by atoms with Crippen LogP contribution in [0.25, 0.3) is 0 Å². The lowest BCUT2D eigenvalue weighted by Crippen LogP contribution is -2.22. The molecule has 5 nitrogen and oxygen atoms in total. The van der Waals surface area contributed by atoms with Crippen LogP contribution in [0.5, 0.6) is 0 Å². The van der Waals surface area contributed by atoms with E-state index in [0.29, 0.717) is 6.04 Å². The van der Waals surface area contributed by atoms with E-state index < -0.39 is 6.09 Å². The summed E-state index contributed by atoms with van der Waals surface area (Å²) in [4.78, 5) is 8.78. The summed E-state index contributed by atoms with van der Waals surface area (Å²) < 4.78 is 0. The molecule has 0 aliphatic carbocycles. The van der Waals surface area contributed by atoms with Gasteiger partial charge in [0.25, 0.3) is 0 Å². The molecule has 12 heavy (non-hydrogen) atoms. The molecule has 1 unspecified atom stereocenters. The van der Waals surface area contributed by atoms with Crippen LogP contribution in [0.3, 0.4) is 0 Å². The van der Waals surface area contributed by atoms with E-state index in [-0.39, 0.29) is 0 Å². The van der Waals surface area contributed by atoms with Crippen molar-refractivity contribution in [3.8, 4) is 0 Å². The second-order valence-electron chi connectivity index (χ2n) is 2.46. The highest BCUT2D eigenvalue weighted by Crippen LogP contribution is 1.95. The molecule has 0 radical (unpaired) electrons. The van der Waals surface area contributed by atoms with Gasteiger partial charge in [0.05, 0.1) is 0 Å². The second kappa shape index (κ2) is 10.2. The molecule has 0 aromatic carbocycles. The summed E-state index contributed by atoms with van der Waals surface area (Å²) in [6.45, 7) is 2.86. The molecule has 74 valence electrons. The van der Waals surface area contributed by atoms with E-state index in [4.69, 9.17) is 21.4 Å². The predicted octanol–water partition coefficient (Wildman–Crippen LogP) is 0.0857. The van der Waals surface area contributed by atoms with Gasteiger partial charge in [-0.25, -0.2) is 4.79 Å². The minimum absolute atomic E-state index is 0.338. The van der Waals surface area contributed by atoms with Gasteiger partial charge in [-0.3, -0.25) is 0 Å². The molecule has 1 amide bonds. The summed E-state index contributed by atoms with van der Waals surface area (Å²) in [7, 11) is 0. The molecule has 0 saturated carbocycles. The average molecular weight is 177 g/mol. The van der Waals surface area contributed by atoms with Crippen LogP contribution in [0.2, 0.25) is 0 Å². The summed E-state index contributed by atoms with van der Waals surface area (Å²) in [5.41, 5.74) is 14.9. The zero-order chi connectivity index (χ0) is 9.98. The monoisotopic (exact) mass is 177 g/mol. The summed E-state index contributed by atoms with van der Waals surface area (Å²) in [5.74, 6) is 0. The fourth-order valence-electron chi connectivity index (χ4n) is 0.729. The third kappa shape index (κ3) is 22.9. The Morgan fingerprint density at radius 3 is 2.17 bits per heavy atom. The number of hydrogen-bond donors (Lipinski definition) is 4. The van der Waals surface area contributed by atoms with Crippen molar-refractivity contribution >= 4 is 6.09 Å². The van der Waals surface area contributed by atoms with Crippen molar-refractivity contribution in [2.24, 2.45) is 17.2 Å². The molecule has 7 N–H and O–H groups in total. The first kappa shape index (κ1) is 13.8. The van der Waals surface area contributed by atoms with Crippen molar-refractivity contribution in [1.82, 2.24) is 0 Å². The van der Waals surface area contributed by atoms with E-state index in [1.165, 1.54) is 6.42 Å². The highest BCUT2D eigenvalue weighted by Gasteiger charge is 1.96. The quantitative estimate of drug-likeness (QED) is 0.487. The Kier molecular flexibility index (Phi) is 11.7. The van der Waals surface area contributed by atoms with Gasteiger partial charge in [-0.1, -0.05) is 13.3 Å². The largest absolute Gasteiger partial charge is 0.465 e. The first-order valence-electron chi connectivity index (χ1n) is 3.98. The molecule has 0 aliphatic heterocycles. The summed E-state index contributed by atoms with van der Waals surface area (Å²) in [5, 5.41) is 7.19. The van der Waals surface area contributed by atoms with Gasteiger partial charge in [0.15, 0.2) is 0 Å². The number of hydrogen-bond acceptors (Lipinski definition) is 3. The van der Waals surface area contributed by atoms with Crippen LogP contribution in [0.4, 0.5) is 4.79 Å². The SMILES string of the molecule is CCCC(N)CCN.NC(=O)O. The van der Waals surface area contributed by atoms with Crippen LogP contribution in [-0.4, -0.2) is 23.8 Å². The molecule has 5 heteroatoms. The first-order chi connectivity index (χ1) is 5.54. The molecule has 0 aromatic heterocycles. The Hall–Kier alpha value is -0.810. The normalized spacial score (nSPS) is 11.2. The maximum absolute atomic E-state index is 8.78. The zero-order valence-electron chi connectivity index (χ0n) is 7.49. The minimum atomic E-state index is -1.33. The Balaban J connectivity index is 0. The number of primary amides is 1. The number of nitrogens with two attached hydrogens (primary N) is 3. The van der Waals surface area contributed by atoms with Gasteiger partial charge < -0.3 is 22.3 Å². The smallest absolute Gasteiger partial charge is 0.402 e. The number of rotatable bonds is 4. The highest BCUT2D eigenvalue weighted by atomic mass is 16.4. The number of carboxylic acid groups (broad SMARTS) is 1. The third-order valence-electron chi connectivity index (χ3n) is 1.20. The first-order valence-corrected chi connectivity index (χ1v) is 3.98. The van der Waals surface area contributed by atoms with Crippen LogP contribution >= 0.6 is 0 Å². The maximum atomic E-state index is 8.78. The maximum Gasteiger partial charge on any atom is 0.402 e. The molecule has 0 fully saturated rings. The second-order valence-corrected chi connectivity index (χ2v) is 2.46. The van der Waals surface area contributed by atoms with Crippen LogP contribution in [-0.2, 0) is 0 Å². The molecule has 0 aliphatic rings. The summed E-state index contributed by atoms with van der Waals surface area (Å²) in [6, 6.07) is 0.338. The van der Waals surface area contributed by atoms with Crippen molar-refractivity contribution < 1.29 is 9.90 Å². The lowest BCUT2D eigenvalue weighted by molar-refractivity contribution is 0.205. The molecule has 0 heterocycles. The zero-order valence-corrected chi connectivity index (χ0v) is 7.49. The van der Waals surface area contributed by atoms with E-state index >= 15 is 0 Å². The lowest BCUT2D eigenvalue weighted by Gasteiger charge is -2.05. The Morgan fingerprint density at radius 1 is 1.50 bits per heavy atom. The molecular formula is C7H19N3O2. The van der Waals surface area contributed by atoms with Crippen LogP contribution in [0, 0.1) is 0 Å². The van der Waals surface area contributed by atoms with Gasteiger partial charge in [0.1, 0.15) is 0 Å². The molecule has 0 bridgehead atoms. The third-order valence-corrected chi connectivity index (χ3v) is 1.20. The molecule has 0 spiro atoms. The summed E-state index contributed by atoms with van der Waals surface area (Å²) >= 11 is 0. The van der Waals surface area contributed by atoms with Gasteiger partial charge in [-0.2, -0.15) is 0 Å². The number of carbonyl (C=O) groups is 1. The molecular weight excluding hydrogens is 158 g/mol. The van der Waals surface area contributed by atoms with Crippen molar-refractivity contribution in [3.05, 3.63) is 0 Å². The molecule has 0 saturated heterocycles. The van der Waals surface area contributed by atoms with E-state index in [2.05, 4.69) is 12.7 Å². The van der Waals surface area contributed by atoms with Gasteiger partial charge >= 0.3 is 6.09 Å². The summed E-state index contributed by atoms with van der Waals surface area (Å²) in [6.07, 6.45) is 1.91. The lowest BCUT2D eigenvalue weighted by atomic mass is 10.1. The van der Waals surface area contributed by atoms with Crippen LogP contribution < -0.4 is 17.2 Å². The highest BCUT2D eigenvalue weighted by molar-refractivity contribution is 5.61. The van der Waals surface area contributed by atoms with Gasteiger partial charge in [0.2, 0.25) is 0 Å².